The molecule has 2 heterocycles. The SMILES string of the molecule is CCN(C(C)C)C1CC(Oc2ccc3c(c2)C(=O)N(C2CCC(=O)NC2=O)C3=O)C1. The third-order valence-corrected chi connectivity index (χ3v) is 6.28. The first-order valence-electron chi connectivity index (χ1n) is 10.6. The van der Waals surface area contributed by atoms with Crippen LogP contribution in [0.1, 0.15) is 67.2 Å². The van der Waals surface area contributed by atoms with Crippen molar-refractivity contribution in [2.75, 3.05) is 6.54 Å². The molecule has 0 spiro atoms. The van der Waals surface area contributed by atoms with Crippen LogP contribution in [-0.4, -0.2) is 64.2 Å². The molecule has 1 N–H and O–H groups in total. The van der Waals surface area contributed by atoms with Crippen molar-refractivity contribution in [1.29, 1.82) is 0 Å². The molecule has 1 unspecified atom stereocenters. The molecule has 160 valence electrons. The topological polar surface area (TPSA) is 96.0 Å². The number of rotatable bonds is 6. The Morgan fingerprint density at radius 3 is 2.47 bits per heavy atom. The summed E-state index contributed by atoms with van der Waals surface area (Å²) >= 11 is 0. The Kier molecular flexibility index (Phi) is 5.36. The highest BCUT2D eigenvalue weighted by Gasteiger charge is 2.45. The molecule has 1 saturated heterocycles. The summed E-state index contributed by atoms with van der Waals surface area (Å²) in [6.45, 7) is 7.54. The molecule has 1 atom stereocenters. The van der Waals surface area contributed by atoms with Crippen molar-refractivity contribution in [3.05, 3.63) is 29.3 Å². The van der Waals surface area contributed by atoms with Crippen molar-refractivity contribution in [3.63, 3.8) is 0 Å². The van der Waals surface area contributed by atoms with Crippen LogP contribution in [0.3, 0.4) is 0 Å². The monoisotopic (exact) mass is 413 g/mol. The van der Waals surface area contributed by atoms with Gasteiger partial charge in [0, 0.05) is 31.3 Å². The van der Waals surface area contributed by atoms with Crippen LogP contribution in [-0.2, 0) is 9.59 Å². The van der Waals surface area contributed by atoms with Gasteiger partial charge in [-0.05, 0) is 45.0 Å². The van der Waals surface area contributed by atoms with Gasteiger partial charge >= 0.3 is 0 Å². The number of nitrogens with zero attached hydrogens (tertiary/aromatic N) is 2. The van der Waals surface area contributed by atoms with Crippen LogP contribution in [0.15, 0.2) is 18.2 Å². The summed E-state index contributed by atoms with van der Waals surface area (Å²) in [5, 5.41) is 2.20. The molecule has 2 fully saturated rings. The van der Waals surface area contributed by atoms with Crippen LogP contribution in [0.4, 0.5) is 0 Å². The van der Waals surface area contributed by atoms with Crippen molar-refractivity contribution in [2.45, 2.75) is 70.7 Å². The molecule has 1 saturated carbocycles. The van der Waals surface area contributed by atoms with Gasteiger partial charge in [-0.2, -0.15) is 0 Å². The molecule has 1 aromatic carbocycles. The van der Waals surface area contributed by atoms with Gasteiger partial charge in [0.05, 0.1) is 11.1 Å². The second-order valence-electron chi connectivity index (χ2n) is 8.44. The maximum atomic E-state index is 12.9. The highest BCUT2D eigenvalue weighted by molar-refractivity contribution is 6.23. The van der Waals surface area contributed by atoms with Gasteiger partial charge in [-0.15, -0.1) is 0 Å². The number of fused-ring (bicyclic) bond motifs is 1. The average Bonchev–Trinajstić information content (AvgIpc) is 2.91. The van der Waals surface area contributed by atoms with Gasteiger partial charge in [-0.25, -0.2) is 0 Å². The van der Waals surface area contributed by atoms with E-state index in [2.05, 4.69) is 31.0 Å². The zero-order valence-electron chi connectivity index (χ0n) is 17.5. The maximum absolute atomic E-state index is 12.9. The number of benzene rings is 1. The first-order chi connectivity index (χ1) is 14.3. The second kappa shape index (κ2) is 7.83. The fourth-order valence-electron chi connectivity index (χ4n) is 4.67. The summed E-state index contributed by atoms with van der Waals surface area (Å²) in [5.74, 6) is -1.46. The Morgan fingerprint density at radius 2 is 1.83 bits per heavy atom. The average molecular weight is 413 g/mol. The van der Waals surface area contributed by atoms with Crippen LogP contribution >= 0.6 is 0 Å². The molecule has 4 amide bonds. The number of ether oxygens (including phenoxy) is 1. The Morgan fingerprint density at radius 1 is 1.13 bits per heavy atom. The van der Waals surface area contributed by atoms with Crippen molar-refractivity contribution < 1.29 is 23.9 Å². The molecule has 0 aromatic heterocycles. The summed E-state index contributed by atoms with van der Waals surface area (Å²) in [4.78, 5) is 52.6. The number of carbonyl (C=O) groups excluding carboxylic acids is 4. The molecule has 1 aliphatic carbocycles. The standard InChI is InChI=1S/C22H27N3O5/c1-4-24(12(2)3)13-9-15(10-13)30-14-5-6-16-17(11-14)22(29)25(21(16)28)18-7-8-19(26)23-20(18)27/h5-6,11-13,15,18H,4,7-10H2,1-3H3,(H,23,26,27). The maximum Gasteiger partial charge on any atom is 0.262 e. The molecule has 3 aliphatic rings. The van der Waals surface area contributed by atoms with Crippen LogP contribution in [0.2, 0.25) is 0 Å². The van der Waals surface area contributed by atoms with Crippen molar-refractivity contribution in [2.24, 2.45) is 0 Å². The zero-order valence-corrected chi connectivity index (χ0v) is 17.5. The Hall–Kier alpha value is -2.74. The molecular formula is C22H27N3O5. The van der Waals surface area contributed by atoms with E-state index in [4.69, 9.17) is 4.74 Å². The lowest BCUT2D eigenvalue weighted by atomic mass is 9.87. The first-order valence-corrected chi connectivity index (χ1v) is 10.6. The van der Waals surface area contributed by atoms with Gasteiger partial charge in [0.1, 0.15) is 17.9 Å². The summed E-state index contributed by atoms with van der Waals surface area (Å²) in [6, 6.07) is 4.91. The minimum Gasteiger partial charge on any atom is -0.490 e. The van der Waals surface area contributed by atoms with Crippen LogP contribution < -0.4 is 10.1 Å². The molecule has 2 aliphatic heterocycles. The second-order valence-corrected chi connectivity index (χ2v) is 8.44. The van der Waals surface area contributed by atoms with E-state index in [1.54, 1.807) is 18.2 Å². The van der Waals surface area contributed by atoms with E-state index in [1.807, 2.05) is 0 Å². The van der Waals surface area contributed by atoms with Gasteiger partial charge in [-0.3, -0.25) is 34.3 Å². The number of hydrogen-bond acceptors (Lipinski definition) is 6. The third kappa shape index (κ3) is 3.49. The van der Waals surface area contributed by atoms with Crippen LogP contribution in [0, 0.1) is 0 Å². The fraction of sp³-hybridized carbons (Fsp3) is 0.545. The normalized spacial score (nSPS) is 26.2. The summed E-state index contributed by atoms with van der Waals surface area (Å²) in [6.07, 6.45) is 2.19. The number of hydrogen-bond donors (Lipinski definition) is 1. The van der Waals surface area contributed by atoms with Gasteiger partial charge in [0.15, 0.2) is 0 Å². The number of nitrogens with one attached hydrogen (secondary N) is 1. The summed E-state index contributed by atoms with van der Waals surface area (Å²) in [5.41, 5.74) is 0.510. The highest BCUT2D eigenvalue weighted by atomic mass is 16.5. The number of piperidine rings is 1. The fourth-order valence-corrected chi connectivity index (χ4v) is 4.67. The molecule has 8 heteroatoms. The van der Waals surface area contributed by atoms with E-state index < -0.39 is 23.8 Å². The number of amides is 4. The van der Waals surface area contributed by atoms with E-state index in [0.29, 0.717) is 17.8 Å². The molecule has 4 rings (SSSR count). The highest BCUT2D eigenvalue weighted by Crippen LogP contribution is 2.34. The lowest BCUT2D eigenvalue weighted by molar-refractivity contribution is -0.136. The van der Waals surface area contributed by atoms with E-state index in [0.717, 1.165) is 24.3 Å². The van der Waals surface area contributed by atoms with Gasteiger partial charge < -0.3 is 4.74 Å². The molecular weight excluding hydrogens is 386 g/mol. The predicted octanol–water partition coefficient (Wildman–Crippen LogP) is 1.73. The van der Waals surface area contributed by atoms with Gasteiger partial charge in [0.2, 0.25) is 11.8 Å². The molecule has 30 heavy (non-hydrogen) atoms. The lowest BCUT2D eigenvalue weighted by Crippen LogP contribution is -2.54. The van der Waals surface area contributed by atoms with E-state index in [9.17, 15) is 19.2 Å². The van der Waals surface area contributed by atoms with Crippen molar-refractivity contribution in [1.82, 2.24) is 15.1 Å². The Bertz CT molecular complexity index is 906. The van der Waals surface area contributed by atoms with E-state index >= 15 is 0 Å². The van der Waals surface area contributed by atoms with E-state index in [1.165, 1.54) is 0 Å². The van der Waals surface area contributed by atoms with Crippen LogP contribution in [0.5, 0.6) is 5.75 Å². The third-order valence-electron chi connectivity index (χ3n) is 6.28. The Balaban J connectivity index is 1.44. The molecule has 0 radical (unpaired) electrons. The quantitative estimate of drug-likeness (QED) is 0.714. The van der Waals surface area contributed by atoms with E-state index in [-0.39, 0.29) is 36.0 Å². The van der Waals surface area contributed by atoms with Gasteiger partial charge in [0.25, 0.3) is 11.8 Å². The molecule has 0 bridgehead atoms. The minimum atomic E-state index is -0.956. The zero-order chi connectivity index (χ0) is 21.6. The summed E-state index contributed by atoms with van der Waals surface area (Å²) < 4.78 is 6.05. The van der Waals surface area contributed by atoms with Crippen molar-refractivity contribution >= 4 is 23.6 Å². The number of carbonyl (C=O) groups is 4. The minimum absolute atomic E-state index is 0.0827. The molecule has 1 aromatic rings. The predicted molar refractivity (Wildman–Crippen MR) is 108 cm³/mol. The number of imide groups is 2. The molecule has 8 nitrogen and oxygen atoms in total. The Labute approximate surface area is 175 Å². The largest absolute Gasteiger partial charge is 0.490 e. The van der Waals surface area contributed by atoms with Crippen molar-refractivity contribution in [3.8, 4) is 5.75 Å². The first kappa shape index (κ1) is 20.5. The smallest absolute Gasteiger partial charge is 0.262 e. The van der Waals surface area contributed by atoms with Gasteiger partial charge in [-0.1, -0.05) is 6.92 Å². The summed E-state index contributed by atoms with van der Waals surface area (Å²) in [7, 11) is 0. The van der Waals surface area contributed by atoms with Crippen LogP contribution in [0.25, 0.3) is 0 Å². The lowest BCUT2D eigenvalue weighted by Gasteiger charge is -2.44.